The standard InChI is InChI=1S/C21H21FN2O3/c22-18-3-1-2-14(10-18)13-24-9-8-21(20(24)26)7-6-15-11-16(19(25)23-27)4-5-17(15)12-21/h1-5,10-11,27H,6-9,12-13H2,(H,23,25)/t21-/m1/s1. The van der Waals surface area contributed by atoms with Gasteiger partial charge >= 0.3 is 0 Å². The second kappa shape index (κ2) is 6.78. The Kier molecular flexibility index (Phi) is 4.44. The number of nitrogens with zero attached hydrogens (tertiary/aromatic N) is 1. The Bertz CT molecular complexity index is 914. The molecular formula is C21H21FN2O3. The van der Waals surface area contributed by atoms with Crippen LogP contribution >= 0.6 is 0 Å². The van der Waals surface area contributed by atoms with Crippen LogP contribution in [0.3, 0.4) is 0 Å². The van der Waals surface area contributed by atoms with Crippen LogP contribution in [0.1, 0.15) is 39.9 Å². The van der Waals surface area contributed by atoms with Crippen LogP contribution in [0.25, 0.3) is 0 Å². The Labute approximate surface area is 156 Å². The molecular weight excluding hydrogens is 347 g/mol. The number of benzene rings is 2. The minimum Gasteiger partial charge on any atom is -0.338 e. The molecule has 0 radical (unpaired) electrons. The van der Waals surface area contributed by atoms with Crippen LogP contribution in [0.5, 0.6) is 0 Å². The molecule has 1 spiro atoms. The lowest BCUT2D eigenvalue weighted by molar-refractivity contribution is -0.137. The topological polar surface area (TPSA) is 69.6 Å². The zero-order valence-corrected chi connectivity index (χ0v) is 14.9. The summed E-state index contributed by atoms with van der Waals surface area (Å²) in [5.74, 6) is -0.686. The van der Waals surface area contributed by atoms with Gasteiger partial charge in [-0.2, -0.15) is 0 Å². The number of nitrogens with one attached hydrogen (secondary N) is 1. The number of likely N-dealkylation sites (tertiary alicyclic amines) is 1. The number of hydrogen-bond donors (Lipinski definition) is 2. The zero-order valence-electron chi connectivity index (χ0n) is 14.9. The molecule has 1 aliphatic heterocycles. The van der Waals surface area contributed by atoms with Crippen molar-refractivity contribution in [1.82, 2.24) is 10.4 Å². The number of hydrogen-bond acceptors (Lipinski definition) is 3. The molecule has 2 aliphatic rings. The Hall–Kier alpha value is -2.73. The van der Waals surface area contributed by atoms with E-state index in [0.29, 0.717) is 25.1 Å². The molecule has 4 rings (SSSR count). The minimum absolute atomic E-state index is 0.134. The molecule has 2 aromatic rings. The third-order valence-electron chi connectivity index (χ3n) is 5.84. The Morgan fingerprint density at radius 2 is 2.04 bits per heavy atom. The number of carbonyl (C=O) groups is 2. The summed E-state index contributed by atoms with van der Waals surface area (Å²) in [5.41, 5.74) is 4.60. The van der Waals surface area contributed by atoms with Gasteiger partial charge in [0.1, 0.15) is 5.82 Å². The van der Waals surface area contributed by atoms with E-state index in [-0.39, 0.29) is 11.7 Å². The molecule has 1 fully saturated rings. The monoisotopic (exact) mass is 368 g/mol. The first-order chi connectivity index (χ1) is 13.0. The maximum absolute atomic E-state index is 13.4. The second-order valence-electron chi connectivity index (χ2n) is 7.49. The molecule has 0 unspecified atom stereocenters. The van der Waals surface area contributed by atoms with Crippen molar-refractivity contribution < 1.29 is 19.2 Å². The van der Waals surface area contributed by atoms with E-state index in [1.807, 2.05) is 17.0 Å². The van der Waals surface area contributed by atoms with Crippen LogP contribution in [0.2, 0.25) is 0 Å². The lowest BCUT2D eigenvalue weighted by atomic mass is 9.70. The molecule has 5 nitrogen and oxygen atoms in total. The van der Waals surface area contributed by atoms with Crippen molar-refractivity contribution in [3.63, 3.8) is 0 Å². The quantitative estimate of drug-likeness (QED) is 0.647. The van der Waals surface area contributed by atoms with Crippen molar-refractivity contribution in [3.05, 3.63) is 70.5 Å². The van der Waals surface area contributed by atoms with Gasteiger partial charge in [-0.25, -0.2) is 9.87 Å². The fraction of sp³-hybridized carbons (Fsp3) is 0.333. The number of amides is 2. The van der Waals surface area contributed by atoms with Gasteiger partial charge in [0, 0.05) is 18.7 Å². The van der Waals surface area contributed by atoms with Crippen LogP contribution in [0.4, 0.5) is 4.39 Å². The van der Waals surface area contributed by atoms with Crippen LogP contribution in [-0.4, -0.2) is 28.5 Å². The molecule has 1 heterocycles. The van der Waals surface area contributed by atoms with Crippen LogP contribution in [0, 0.1) is 11.2 Å². The normalized spacial score (nSPS) is 21.4. The van der Waals surface area contributed by atoms with E-state index in [1.165, 1.54) is 12.1 Å². The van der Waals surface area contributed by atoms with Crippen molar-refractivity contribution in [2.75, 3.05) is 6.54 Å². The molecule has 140 valence electrons. The van der Waals surface area contributed by atoms with Crippen molar-refractivity contribution in [2.45, 2.75) is 32.2 Å². The first-order valence-corrected chi connectivity index (χ1v) is 9.11. The highest BCUT2D eigenvalue weighted by Crippen LogP contribution is 2.44. The molecule has 1 aliphatic carbocycles. The highest BCUT2D eigenvalue weighted by atomic mass is 19.1. The largest absolute Gasteiger partial charge is 0.338 e. The maximum atomic E-state index is 13.4. The van der Waals surface area contributed by atoms with Crippen molar-refractivity contribution in [1.29, 1.82) is 0 Å². The van der Waals surface area contributed by atoms with Gasteiger partial charge in [-0.3, -0.25) is 14.8 Å². The summed E-state index contributed by atoms with van der Waals surface area (Å²) in [4.78, 5) is 26.6. The third-order valence-corrected chi connectivity index (χ3v) is 5.84. The van der Waals surface area contributed by atoms with E-state index in [4.69, 9.17) is 5.21 Å². The van der Waals surface area contributed by atoms with Gasteiger partial charge in [0.15, 0.2) is 0 Å². The van der Waals surface area contributed by atoms with Crippen molar-refractivity contribution in [2.24, 2.45) is 5.41 Å². The van der Waals surface area contributed by atoms with E-state index in [1.54, 1.807) is 23.7 Å². The van der Waals surface area contributed by atoms with E-state index in [9.17, 15) is 14.0 Å². The number of halogens is 1. The van der Waals surface area contributed by atoms with Crippen LogP contribution < -0.4 is 5.48 Å². The first kappa shape index (κ1) is 17.7. The summed E-state index contributed by atoms with van der Waals surface area (Å²) in [6.45, 7) is 1.11. The molecule has 1 atom stereocenters. The number of carbonyl (C=O) groups excluding carboxylic acids is 2. The fourth-order valence-corrected chi connectivity index (χ4v) is 4.36. The maximum Gasteiger partial charge on any atom is 0.274 e. The van der Waals surface area contributed by atoms with Crippen LogP contribution in [-0.2, 0) is 24.2 Å². The summed E-state index contributed by atoms with van der Waals surface area (Å²) >= 11 is 0. The van der Waals surface area contributed by atoms with E-state index >= 15 is 0 Å². The zero-order chi connectivity index (χ0) is 19.0. The molecule has 0 aromatic heterocycles. The number of rotatable bonds is 3. The fourth-order valence-electron chi connectivity index (χ4n) is 4.36. The van der Waals surface area contributed by atoms with Gasteiger partial charge in [0.2, 0.25) is 5.91 Å². The average molecular weight is 368 g/mol. The van der Waals surface area contributed by atoms with Gasteiger partial charge in [0.25, 0.3) is 5.91 Å². The summed E-state index contributed by atoms with van der Waals surface area (Å²) < 4.78 is 13.4. The lowest BCUT2D eigenvalue weighted by Gasteiger charge is -2.33. The predicted molar refractivity (Wildman–Crippen MR) is 96.6 cm³/mol. The molecule has 0 bridgehead atoms. The van der Waals surface area contributed by atoms with E-state index in [0.717, 1.165) is 36.0 Å². The van der Waals surface area contributed by atoms with Gasteiger partial charge in [-0.05, 0) is 66.6 Å². The average Bonchev–Trinajstić information content (AvgIpc) is 2.96. The van der Waals surface area contributed by atoms with Gasteiger partial charge in [-0.1, -0.05) is 18.2 Å². The highest BCUT2D eigenvalue weighted by Gasteiger charge is 2.47. The smallest absolute Gasteiger partial charge is 0.274 e. The number of hydroxylamine groups is 1. The lowest BCUT2D eigenvalue weighted by Crippen LogP contribution is -2.38. The number of fused-ring (bicyclic) bond motifs is 1. The Balaban J connectivity index is 1.52. The molecule has 1 saturated heterocycles. The summed E-state index contributed by atoms with van der Waals surface area (Å²) in [6, 6.07) is 11.7. The van der Waals surface area contributed by atoms with Gasteiger partial charge < -0.3 is 4.90 Å². The number of aryl methyl sites for hydroxylation is 1. The molecule has 6 heteroatoms. The Morgan fingerprint density at radius 1 is 1.19 bits per heavy atom. The van der Waals surface area contributed by atoms with Crippen molar-refractivity contribution >= 4 is 11.8 Å². The van der Waals surface area contributed by atoms with Gasteiger partial charge in [0.05, 0.1) is 5.41 Å². The predicted octanol–water partition coefficient (Wildman–Crippen LogP) is 2.85. The SMILES string of the molecule is O=C(NO)c1ccc2c(c1)CC[C@@]1(CCN(Cc3cccc(F)c3)C1=O)C2. The summed E-state index contributed by atoms with van der Waals surface area (Å²) in [5, 5.41) is 8.79. The Morgan fingerprint density at radius 3 is 2.81 bits per heavy atom. The molecule has 2 aromatic carbocycles. The molecule has 2 N–H and O–H groups in total. The third kappa shape index (κ3) is 3.21. The molecule has 2 amide bonds. The summed E-state index contributed by atoms with van der Waals surface area (Å²) in [7, 11) is 0. The van der Waals surface area contributed by atoms with E-state index in [2.05, 4.69) is 0 Å². The molecule has 27 heavy (non-hydrogen) atoms. The van der Waals surface area contributed by atoms with Crippen molar-refractivity contribution in [3.8, 4) is 0 Å². The minimum atomic E-state index is -0.531. The summed E-state index contributed by atoms with van der Waals surface area (Å²) in [6.07, 6.45) is 2.91. The van der Waals surface area contributed by atoms with Gasteiger partial charge in [-0.15, -0.1) is 0 Å². The second-order valence-corrected chi connectivity index (χ2v) is 7.49. The van der Waals surface area contributed by atoms with Crippen LogP contribution in [0.15, 0.2) is 42.5 Å². The van der Waals surface area contributed by atoms with E-state index < -0.39 is 11.3 Å². The molecule has 0 saturated carbocycles. The highest BCUT2D eigenvalue weighted by molar-refractivity contribution is 5.93. The first-order valence-electron chi connectivity index (χ1n) is 9.11.